The summed E-state index contributed by atoms with van der Waals surface area (Å²) in [5.41, 5.74) is 0.247. The van der Waals surface area contributed by atoms with Gasteiger partial charge in [0.2, 0.25) is 9.05 Å². The lowest BCUT2D eigenvalue weighted by molar-refractivity contribution is 0.335. The van der Waals surface area contributed by atoms with Crippen molar-refractivity contribution in [3.63, 3.8) is 0 Å². The van der Waals surface area contributed by atoms with Gasteiger partial charge >= 0.3 is 0 Å². The van der Waals surface area contributed by atoms with Gasteiger partial charge in [-0.1, -0.05) is 12.1 Å². The van der Waals surface area contributed by atoms with Crippen molar-refractivity contribution in [3.05, 3.63) is 35.6 Å². The summed E-state index contributed by atoms with van der Waals surface area (Å²) in [5.74, 6) is -0.900. The second-order valence-corrected chi connectivity index (χ2v) is 5.95. The van der Waals surface area contributed by atoms with Crippen LogP contribution in [0, 0.1) is 5.82 Å². The molecule has 0 saturated carbocycles. The molecule has 6 heteroatoms. The zero-order valence-electron chi connectivity index (χ0n) is 7.66. The van der Waals surface area contributed by atoms with Gasteiger partial charge in [-0.15, -0.1) is 0 Å². The van der Waals surface area contributed by atoms with Gasteiger partial charge in [0.05, 0.1) is 5.75 Å². The van der Waals surface area contributed by atoms with Crippen LogP contribution in [0.1, 0.15) is 18.2 Å². The molecule has 0 amide bonds. The van der Waals surface area contributed by atoms with E-state index in [9.17, 15) is 17.2 Å². The van der Waals surface area contributed by atoms with Crippen molar-refractivity contribution in [2.24, 2.45) is 0 Å². The van der Waals surface area contributed by atoms with E-state index in [4.69, 9.17) is 10.7 Å². The van der Waals surface area contributed by atoms with Crippen LogP contribution in [0.25, 0.3) is 0 Å². The van der Waals surface area contributed by atoms with E-state index >= 15 is 0 Å². The fraction of sp³-hybridized carbons (Fsp3) is 0.333. The molecule has 0 aromatic heterocycles. The first-order valence-electron chi connectivity index (χ1n) is 4.20. The van der Waals surface area contributed by atoms with E-state index in [-0.39, 0.29) is 12.0 Å². The summed E-state index contributed by atoms with van der Waals surface area (Å²) in [6.07, 6.45) is -1.67. The van der Waals surface area contributed by atoms with Crippen LogP contribution in [0.2, 0.25) is 0 Å². The first-order chi connectivity index (χ1) is 6.88. The second-order valence-electron chi connectivity index (χ2n) is 3.05. The highest BCUT2D eigenvalue weighted by molar-refractivity contribution is 8.13. The Kier molecular flexibility index (Phi) is 4.04. The van der Waals surface area contributed by atoms with Gasteiger partial charge in [0.25, 0.3) is 0 Å². The van der Waals surface area contributed by atoms with Gasteiger partial charge in [-0.05, 0) is 24.1 Å². The van der Waals surface area contributed by atoms with Gasteiger partial charge in [-0.25, -0.2) is 17.2 Å². The third-order valence-electron chi connectivity index (χ3n) is 1.85. The Morgan fingerprint density at radius 1 is 1.27 bits per heavy atom. The molecule has 0 fully saturated rings. The van der Waals surface area contributed by atoms with Gasteiger partial charge in [-0.2, -0.15) is 0 Å². The van der Waals surface area contributed by atoms with Crippen LogP contribution in [-0.4, -0.2) is 14.2 Å². The SMILES string of the molecule is O=S(=O)(Cl)CCC(F)c1ccc(F)cc1. The van der Waals surface area contributed by atoms with Crippen LogP contribution < -0.4 is 0 Å². The van der Waals surface area contributed by atoms with Gasteiger partial charge in [-0.3, -0.25) is 0 Å². The predicted molar refractivity (Wildman–Crippen MR) is 54.5 cm³/mol. The highest BCUT2D eigenvalue weighted by Crippen LogP contribution is 2.22. The lowest BCUT2D eigenvalue weighted by atomic mass is 10.1. The molecule has 1 rings (SSSR count). The minimum absolute atomic E-state index is 0.225. The molecule has 0 spiro atoms. The Morgan fingerprint density at radius 2 is 1.80 bits per heavy atom. The maximum Gasteiger partial charge on any atom is 0.232 e. The molecule has 1 atom stereocenters. The van der Waals surface area contributed by atoms with Crippen LogP contribution in [0.3, 0.4) is 0 Å². The van der Waals surface area contributed by atoms with Crippen LogP contribution in [0.15, 0.2) is 24.3 Å². The maximum absolute atomic E-state index is 13.4. The van der Waals surface area contributed by atoms with E-state index in [0.29, 0.717) is 0 Å². The Hall–Kier alpha value is -0.680. The fourth-order valence-electron chi connectivity index (χ4n) is 1.08. The lowest BCUT2D eigenvalue weighted by Crippen LogP contribution is -2.02. The summed E-state index contributed by atoms with van der Waals surface area (Å²) in [4.78, 5) is 0. The van der Waals surface area contributed by atoms with E-state index in [2.05, 4.69) is 0 Å². The molecular formula is C9H9ClF2O2S. The molecule has 15 heavy (non-hydrogen) atoms. The van der Waals surface area contributed by atoms with Crippen molar-refractivity contribution in [2.45, 2.75) is 12.6 Å². The van der Waals surface area contributed by atoms with E-state index in [0.717, 1.165) is 12.1 Å². The second kappa shape index (κ2) is 4.90. The molecule has 2 nitrogen and oxygen atoms in total. The average molecular weight is 255 g/mol. The Morgan fingerprint density at radius 3 is 2.27 bits per heavy atom. The smallest absolute Gasteiger partial charge is 0.232 e. The minimum atomic E-state index is -3.68. The summed E-state index contributed by atoms with van der Waals surface area (Å²) >= 11 is 0. The van der Waals surface area contributed by atoms with Crippen molar-refractivity contribution < 1.29 is 17.2 Å². The summed E-state index contributed by atoms with van der Waals surface area (Å²) in [6, 6.07) is 4.80. The number of hydrogen-bond acceptors (Lipinski definition) is 2. The van der Waals surface area contributed by atoms with Gasteiger partial charge in [0.1, 0.15) is 12.0 Å². The largest absolute Gasteiger partial charge is 0.242 e. The van der Waals surface area contributed by atoms with Crippen molar-refractivity contribution in [1.29, 1.82) is 0 Å². The summed E-state index contributed by atoms with van der Waals surface area (Å²) in [7, 11) is 1.26. The number of benzene rings is 1. The van der Waals surface area contributed by atoms with Crippen LogP contribution in [0.4, 0.5) is 8.78 Å². The molecule has 0 saturated heterocycles. The fourth-order valence-corrected chi connectivity index (χ4v) is 1.84. The average Bonchev–Trinajstić information content (AvgIpc) is 2.14. The molecule has 1 unspecified atom stereocenters. The zero-order valence-corrected chi connectivity index (χ0v) is 9.23. The first kappa shape index (κ1) is 12.4. The van der Waals surface area contributed by atoms with E-state index in [1.165, 1.54) is 12.1 Å². The molecule has 1 aromatic carbocycles. The number of rotatable bonds is 4. The van der Waals surface area contributed by atoms with Crippen molar-refractivity contribution >= 4 is 19.7 Å². The Balaban J connectivity index is 2.61. The highest BCUT2D eigenvalue weighted by Gasteiger charge is 2.14. The molecule has 0 aliphatic carbocycles. The molecule has 84 valence electrons. The quantitative estimate of drug-likeness (QED) is 0.775. The molecule has 0 heterocycles. The van der Waals surface area contributed by atoms with Crippen molar-refractivity contribution in [2.75, 3.05) is 5.75 Å². The third-order valence-corrected chi connectivity index (χ3v) is 3.03. The molecule has 0 aliphatic rings. The zero-order chi connectivity index (χ0) is 11.5. The summed E-state index contributed by atoms with van der Waals surface area (Å²) in [5, 5.41) is 0. The first-order valence-corrected chi connectivity index (χ1v) is 6.68. The van der Waals surface area contributed by atoms with Crippen LogP contribution >= 0.6 is 10.7 Å². The molecule has 0 bridgehead atoms. The standard InChI is InChI=1S/C9H9ClF2O2S/c10-15(13,14)6-5-9(12)7-1-3-8(11)4-2-7/h1-4,9H,5-6H2. The van der Waals surface area contributed by atoms with E-state index in [1.54, 1.807) is 0 Å². The number of halogens is 3. The minimum Gasteiger partial charge on any atom is -0.242 e. The van der Waals surface area contributed by atoms with Crippen LogP contribution in [0.5, 0.6) is 0 Å². The van der Waals surface area contributed by atoms with Gasteiger partial charge < -0.3 is 0 Å². The summed E-state index contributed by atoms with van der Waals surface area (Å²) in [6.45, 7) is 0. The van der Waals surface area contributed by atoms with E-state index < -0.39 is 26.8 Å². The Labute approximate surface area is 91.3 Å². The third kappa shape index (κ3) is 4.57. The number of alkyl halides is 1. The molecule has 0 N–H and O–H groups in total. The predicted octanol–water partition coefficient (Wildman–Crippen LogP) is 2.80. The topological polar surface area (TPSA) is 34.1 Å². The van der Waals surface area contributed by atoms with Crippen molar-refractivity contribution in [3.8, 4) is 0 Å². The normalized spacial score (nSPS) is 13.8. The monoisotopic (exact) mass is 254 g/mol. The molecular weight excluding hydrogens is 246 g/mol. The Bertz CT molecular complexity index is 416. The summed E-state index contributed by atoms with van der Waals surface area (Å²) < 4.78 is 47.0. The van der Waals surface area contributed by atoms with Gasteiger partial charge in [0, 0.05) is 10.7 Å². The highest BCUT2D eigenvalue weighted by atomic mass is 35.7. The van der Waals surface area contributed by atoms with Crippen molar-refractivity contribution in [1.82, 2.24) is 0 Å². The molecule has 0 aliphatic heterocycles. The maximum atomic E-state index is 13.4. The lowest BCUT2D eigenvalue weighted by Gasteiger charge is -2.06. The molecule has 1 aromatic rings. The van der Waals surface area contributed by atoms with E-state index in [1.807, 2.05) is 0 Å². The molecule has 0 radical (unpaired) electrons. The number of hydrogen-bond donors (Lipinski definition) is 0. The van der Waals surface area contributed by atoms with Gasteiger partial charge in [0.15, 0.2) is 0 Å². The van der Waals surface area contributed by atoms with Crippen LogP contribution in [-0.2, 0) is 9.05 Å².